The van der Waals surface area contributed by atoms with Crippen LogP contribution in [0.4, 0.5) is 0 Å². The number of hydrogen-bond acceptors (Lipinski definition) is 3. The molecule has 1 aromatic carbocycles. The minimum absolute atomic E-state index is 0.113. The summed E-state index contributed by atoms with van der Waals surface area (Å²) >= 11 is 0. The number of aryl methyl sites for hydroxylation is 1. The zero-order chi connectivity index (χ0) is 17.5. The van der Waals surface area contributed by atoms with Crippen LogP contribution in [0.2, 0.25) is 0 Å². The summed E-state index contributed by atoms with van der Waals surface area (Å²) < 4.78 is 7.10. The summed E-state index contributed by atoms with van der Waals surface area (Å²) in [4.78, 5) is 23.7. The minimum atomic E-state index is -0.515. The summed E-state index contributed by atoms with van der Waals surface area (Å²) in [5.74, 6) is 1.35. The molecule has 0 aliphatic rings. The van der Waals surface area contributed by atoms with Crippen molar-refractivity contribution in [3.05, 3.63) is 58.9 Å². The standard InChI is InChI=1S/C19H20N2O3/c1-4-10-20-18(22)13-24-19(23)17-11-14(2)21(15(17)3)12-16-8-6-5-7-9-16/h1,5-9,11H,10,12-13H2,2-3H3,(H,20,22). The second kappa shape index (κ2) is 8.02. The Balaban J connectivity index is 2.06. The molecule has 0 bridgehead atoms. The number of carbonyl (C=O) groups is 2. The van der Waals surface area contributed by atoms with Crippen LogP contribution in [0.5, 0.6) is 0 Å². The van der Waals surface area contributed by atoms with E-state index in [-0.39, 0.29) is 13.2 Å². The molecule has 124 valence electrons. The van der Waals surface area contributed by atoms with Crippen molar-refractivity contribution in [2.24, 2.45) is 0 Å². The van der Waals surface area contributed by atoms with Crippen molar-refractivity contribution in [2.75, 3.05) is 13.2 Å². The average Bonchev–Trinajstić information content (AvgIpc) is 2.87. The van der Waals surface area contributed by atoms with Gasteiger partial charge in [-0.1, -0.05) is 36.3 Å². The molecular weight excluding hydrogens is 304 g/mol. The monoisotopic (exact) mass is 324 g/mol. The maximum Gasteiger partial charge on any atom is 0.340 e. The predicted molar refractivity (Wildman–Crippen MR) is 91.6 cm³/mol. The van der Waals surface area contributed by atoms with Gasteiger partial charge in [-0.15, -0.1) is 6.42 Å². The van der Waals surface area contributed by atoms with Crippen molar-refractivity contribution in [3.8, 4) is 12.3 Å². The maximum atomic E-state index is 12.2. The Kier molecular flexibility index (Phi) is 5.80. The topological polar surface area (TPSA) is 60.3 Å². The van der Waals surface area contributed by atoms with Crippen molar-refractivity contribution in [1.29, 1.82) is 0 Å². The molecule has 0 aliphatic carbocycles. The number of terminal acetylenes is 1. The Morgan fingerprint density at radius 2 is 1.96 bits per heavy atom. The van der Waals surface area contributed by atoms with Crippen LogP contribution < -0.4 is 5.32 Å². The van der Waals surface area contributed by atoms with Gasteiger partial charge in [-0.3, -0.25) is 4.79 Å². The Morgan fingerprint density at radius 3 is 2.62 bits per heavy atom. The third-order valence-corrected chi connectivity index (χ3v) is 3.70. The van der Waals surface area contributed by atoms with Gasteiger partial charge in [-0.25, -0.2) is 4.79 Å². The molecule has 0 radical (unpaired) electrons. The normalized spacial score (nSPS) is 10.0. The molecule has 1 amide bonds. The fraction of sp³-hybridized carbons (Fsp3) is 0.263. The van der Waals surface area contributed by atoms with E-state index in [4.69, 9.17) is 11.2 Å². The second-order valence-corrected chi connectivity index (χ2v) is 5.41. The highest BCUT2D eigenvalue weighted by molar-refractivity contribution is 5.92. The van der Waals surface area contributed by atoms with Gasteiger partial charge in [0.2, 0.25) is 0 Å². The Morgan fingerprint density at radius 1 is 1.25 bits per heavy atom. The highest BCUT2D eigenvalue weighted by Gasteiger charge is 2.18. The smallest absolute Gasteiger partial charge is 0.340 e. The van der Waals surface area contributed by atoms with Crippen molar-refractivity contribution >= 4 is 11.9 Å². The van der Waals surface area contributed by atoms with Crippen molar-refractivity contribution in [2.45, 2.75) is 20.4 Å². The van der Waals surface area contributed by atoms with E-state index < -0.39 is 11.9 Å². The van der Waals surface area contributed by atoms with Gasteiger partial charge in [0.25, 0.3) is 5.91 Å². The molecule has 2 aromatic rings. The van der Waals surface area contributed by atoms with Gasteiger partial charge >= 0.3 is 5.97 Å². The van der Waals surface area contributed by atoms with E-state index in [1.165, 1.54) is 0 Å². The fourth-order valence-electron chi connectivity index (χ4n) is 2.43. The van der Waals surface area contributed by atoms with Crippen molar-refractivity contribution < 1.29 is 14.3 Å². The maximum absolute atomic E-state index is 12.2. The highest BCUT2D eigenvalue weighted by Crippen LogP contribution is 2.18. The minimum Gasteiger partial charge on any atom is -0.452 e. The zero-order valence-corrected chi connectivity index (χ0v) is 13.8. The molecule has 0 unspecified atom stereocenters. The lowest BCUT2D eigenvalue weighted by atomic mass is 10.2. The van der Waals surface area contributed by atoms with Crippen LogP contribution in [0, 0.1) is 26.2 Å². The Labute approximate surface area is 141 Å². The predicted octanol–water partition coefficient (Wildman–Crippen LogP) is 2.06. The van der Waals surface area contributed by atoms with E-state index in [0.29, 0.717) is 12.1 Å². The van der Waals surface area contributed by atoms with Gasteiger partial charge in [-0.05, 0) is 25.5 Å². The lowest BCUT2D eigenvalue weighted by molar-refractivity contribution is -0.123. The van der Waals surface area contributed by atoms with E-state index in [2.05, 4.69) is 11.2 Å². The molecule has 5 heteroatoms. The van der Waals surface area contributed by atoms with Gasteiger partial charge in [0.15, 0.2) is 6.61 Å². The largest absolute Gasteiger partial charge is 0.452 e. The lowest BCUT2D eigenvalue weighted by Crippen LogP contribution is -2.29. The van der Waals surface area contributed by atoms with Crippen LogP contribution in [0.15, 0.2) is 36.4 Å². The summed E-state index contributed by atoms with van der Waals surface area (Å²) in [5.41, 5.74) is 3.38. The molecule has 0 saturated heterocycles. The summed E-state index contributed by atoms with van der Waals surface area (Å²) in [5, 5.41) is 2.45. The molecule has 24 heavy (non-hydrogen) atoms. The average molecular weight is 324 g/mol. The van der Waals surface area contributed by atoms with E-state index in [9.17, 15) is 9.59 Å². The van der Waals surface area contributed by atoms with E-state index in [1.54, 1.807) is 6.07 Å². The third-order valence-electron chi connectivity index (χ3n) is 3.70. The second-order valence-electron chi connectivity index (χ2n) is 5.41. The molecule has 0 aliphatic heterocycles. The van der Waals surface area contributed by atoms with Crippen molar-refractivity contribution in [1.82, 2.24) is 9.88 Å². The first kappa shape index (κ1) is 17.4. The van der Waals surface area contributed by atoms with Crippen LogP contribution in [0.1, 0.15) is 27.3 Å². The number of benzene rings is 1. The number of ether oxygens (including phenoxy) is 1. The van der Waals surface area contributed by atoms with Crippen LogP contribution in [-0.2, 0) is 16.1 Å². The van der Waals surface area contributed by atoms with Gasteiger partial charge in [0, 0.05) is 17.9 Å². The lowest BCUT2D eigenvalue weighted by Gasteiger charge is -2.10. The molecule has 1 heterocycles. The third kappa shape index (κ3) is 4.26. The van der Waals surface area contributed by atoms with E-state index >= 15 is 0 Å². The van der Waals surface area contributed by atoms with Crippen LogP contribution in [0.25, 0.3) is 0 Å². The summed E-state index contributed by atoms with van der Waals surface area (Å²) in [7, 11) is 0. The van der Waals surface area contributed by atoms with Crippen LogP contribution in [0.3, 0.4) is 0 Å². The van der Waals surface area contributed by atoms with E-state index in [1.807, 2.05) is 48.7 Å². The number of nitrogens with zero attached hydrogens (tertiary/aromatic N) is 1. The van der Waals surface area contributed by atoms with E-state index in [0.717, 1.165) is 17.0 Å². The number of esters is 1. The SMILES string of the molecule is C#CCNC(=O)COC(=O)c1cc(C)n(Cc2ccccc2)c1C. The summed E-state index contributed by atoms with van der Waals surface area (Å²) in [6, 6.07) is 11.8. The van der Waals surface area contributed by atoms with Crippen molar-refractivity contribution in [3.63, 3.8) is 0 Å². The summed E-state index contributed by atoms with van der Waals surface area (Å²) in [6.07, 6.45) is 5.05. The van der Waals surface area contributed by atoms with Gasteiger partial charge < -0.3 is 14.6 Å². The Bertz CT molecular complexity index is 770. The van der Waals surface area contributed by atoms with Crippen LogP contribution >= 0.6 is 0 Å². The molecule has 5 nitrogen and oxygen atoms in total. The van der Waals surface area contributed by atoms with Gasteiger partial charge in [0.1, 0.15) is 0 Å². The fourth-order valence-corrected chi connectivity index (χ4v) is 2.43. The highest BCUT2D eigenvalue weighted by atomic mass is 16.5. The number of rotatable bonds is 6. The number of hydrogen-bond donors (Lipinski definition) is 1. The quantitative estimate of drug-likeness (QED) is 0.653. The molecule has 2 rings (SSSR count). The Hall–Kier alpha value is -3.00. The number of nitrogens with one attached hydrogen (secondary N) is 1. The first-order valence-electron chi connectivity index (χ1n) is 7.61. The van der Waals surface area contributed by atoms with Crippen LogP contribution in [-0.4, -0.2) is 29.6 Å². The van der Waals surface area contributed by atoms with Gasteiger partial charge in [-0.2, -0.15) is 0 Å². The molecule has 0 fully saturated rings. The zero-order valence-electron chi connectivity index (χ0n) is 13.8. The first-order chi connectivity index (χ1) is 11.5. The van der Waals surface area contributed by atoms with Gasteiger partial charge in [0.05, 0.1) is 12.1 Å². The summed E-state index contributed by atoms with van der Waals surface area (Å²) in [6.45, 7) is 4.25. The number of aromatic nitrogens is 1. The molecular formula is C19H20N2O3. The molecule has 0 spiro atoms. The molecule has 0 atom stereocenters. The molecule has 0 saturated carbocycles. The number of carbonyl (C=O) groups excluding carboxylic acids is 2. The molecule has 1 aromatic heterocycles. The first-order valence-corrected chi connectivity index (χ1v) is 7.61. The molecule has 1 N–H and O–H groups in total. The number of amides is 1.